The number of hydrogen-bond acceptors (Lipinski definition) is 5. The summed E-state index contributed by atoms with van der Waals surface area (Å²) < 4.78 is 24.0. The Morgan fingerprint density at radius 1 is 1.17 bits per heavy atom. The van der Waals surface area contributed by atoms with E-state index in [9.17, 15) is 4.21 Å². The third-order valence-corrected chi connectivity index (χ3v) is 5.61. The summed E-state index contributed by atoms with van der Waals surface area (Å²) >= 11 is -2.01. The molecule has 152 valence electrons. The molecule has 8 nitrogen and oxygen atoms in total. The molecule has 0 aliphatic carbocycles. The number of nitrogens with zero attached hydrogens (tertiary/aromatic N) is 5. The summed E-state index contributed by atoms with van der Waals surface area (Å²) in [5.41, 5.74) is 4.10. The molecular weight excluding hydrogens is 388 g/mol. The second-order valence-electron chi connectivity index (χ2n) is 7.24. The molecule has 29 heavy (non-hydrogen) atoms. The molecule has 0 spiro atoms. The molecule has 1 aliphatic rings. The Morgan fingerprint density at radius 2 is 1.97 bits per heavy atom. The van der Waals surface area contributed by atoms with Gasteiger partial charge < -0.3 is 0 Å². The Hall–Kier alpha value is -2.46. The van der Waals surface area contributed by atoms with Gasteiger partial charge >= 0.3 is 0 Å². The fraction of sp³-hybridized carbons (Fsp3) is 0.350. The molecule has 0 amide bonds. The second-order valence-corrected chi connectivity index (χ2v) is 8.02. The van der Waals surface area contributed by atoms with Crippen molar-refractivity contribution >= 4 is 11.3 Å². The number of para-hydroxylation sites is 1. The fourth-order valence-electron chi connectivity index (χ4n) is 3.70. The normalized spacial score (nSPS) is 16.7. The van der Waals surface area contributed by atoms with Crippen molar-refractivity contribution in [3.63, 3.8) is 0 Å². The van der Waals surface area contributed by atoms with Crippen LogP contribution in [0.4, 0.5) is 0 Å². The van der Waals surface area contributed by atoms with E-state index in [1.807, 2.05) is 47.4 Å². The van der Waals surface area contributed by atoms with Crippen molar-refractivity contribution in [2.75, 3.05) is 13.1 Å². The molecule has 1 atom stereocenters. The zero-order valence-corrected chi connectivity index (χ0v) is 16.8. The van der Waals surface area contributed by atoms with Gasteiger partial charge in [-0.15, -0.1) is 5.10 Å². The molecule has 1 aromatic carbocycles. The highest BCUT2D eigenvalue weighted by molar-refractivity contribution is 7.77. The van der Waals surface area contributed by atoms with Gasteiger partial charge in [0.1, 0.15) is 0 Å². The summed E-state index contributed by atoms with van der Waals surface area (Å²) in [5, 5.41) is 8.56. The number of pyridine rings is 1. The van der Waals surface area contributed by atoms with Crippen molar-refractivity contribution in [1.82, 2.24) is 29.6 Å². The van der Waals surface area contributed by atoms with Crippen molar-refractivity contribution in [3.05, 3.63) is 71.8 Å². The number of aromatic nitrogens is 4. The number of hydrogen-bond donors (Lipinski definition) is 2. The van der Waals surface area contributed by atoms with Crippen molar-refractivity contribution < 1.29 is 8.76 Å². The zero-order chi connectivity index (χ0) is 20.1. The Bertz CT molecular complexity index is 956. The summed E-state index contributed by atoms with van der Waals surface area (Å²) in [6, 6.07) is 12.1. The topological polar surface area (TPSA) is 96.2 Å². The Kier molecular flexibility index (Phi) is 6.40. The van der Waals surface area contributed by atoms with Crippen molar-refractivity contribution in [2.45, 2.75) is 31.8 Å². The first-order valence-electron chi connectivity index (χ1n) is 9.64. The van der Waals surface area contributed by atoms with E-state index < -0.39 is 11.3 Å². The van der Waals surface area contributed by atoms with E-state index in [1.54, 1.807) is 6.20 Å². The molecule has 0 bridgehead atoms. The minimum atomic E-state index is -2.01. The number of rotatable bonds is 7. The highest BCUT2D eigenvalue weighted by Gasteiger charge is 2.22. The molecule has 0 saturated carbocycles. The minimum Gasteiger partial charge on any atom is -0.297 e. The van der Waals surface area contributed by atoms with Crippen LogP contribution in [0.25, 0.3) is 5.69 Å². The van der Waals surface area contributed by atoms with Crippen LogP contribution in [0.15, 0.2) is 55.0 Å². The molecule has 1 saturated heterocycles. The Morgan fingerprint density at radius 3 is 2.72 bits per heavy atom. The van der Waals surface area contributed by atoms with Crippen LogP contribution in [0.3, 0.4) is 0 Å². The first-order chi connectivity index (χ1) is 14.2. The van der Waals surface area contributed by atoms with Gasteiger partial charge in [0.2, 0.25) is 11.3 Å². The number of piperidine rings is 1. The van der Waals surface area contributed by atoms with Crippen LogP contribution >= 0.6 is 0 Å². The lowest BCUT2D eigenvalue weighted by Crippen LogP contribution is -2.32. The molecule has 4 rings (SSSR count). The maximum Gasteiger partial charge on any atom is 0.232 e. The van der Waals surface area contributed by atoms with Gasteiger partial charge in [-0.05, 0) is 55.1 Å². The van der Waals surface area contributed by atoms with Crippen LogP contribution in [-0.4, -0.2) is 46.7 Å². The maximum atomic E-state index is 10.8. The van der Waals surface area contributed by atoms with Crippen molar-refractivity contribution in [3.8, 4) is 5.69 Å². The van der Waals surface area contributed by atoms with Gasteiger partial charge in [0.25, 0.3) is 0 Å². The lowest BCUT2D eigenvalue weighted by atomic mass is 9.90. The van der Waals surface area contributed by atoms with E-state index in [0.29, 0.717) is 12.5 Å². The first kappa shape index (κ1) is 19.8. The standard InChI is InChI=1S/C20H24N6O2S/c27-29(28)22-12-16-10-18(13-21-11-16)17-6-8-25(9-7-17)14-19-15-26(24-23-19)20-4-2-1-3-5-20/h1-5,10-11,13,15,17,22H,6-9,12,14H2,(H,27,28). The third-order valence-electron chi connectivity index (χ3n) is 5.22. The minimum absolute atomic E-state index is 0.333. The molecule has 0 radical (unpaired) electrons. The van der Waals surface area contributed by atoms with Crippen LogP contribution in [0.5, 0.6) is 0 Å². The summed E-state index contributed by atoms with van der Waals surface area (Å²) in [4.78, 5) is 6.71. The SMILES string of the molecule is O=S(O)NCc1cncc(C2CCN(Cc3cn(-c4ccccc4)nn3)CC2)c1. The van der Waals surface area contributed by atoms with E-state index in [4.69, 9.17) is 4.55 Å². The van der Waals surface area contributed by atoms with Crippen molar-refractivity contribution in [1.29, 1.82) is 0 Å². The molecule has 2 N–H and O–H groups in total. The van der Waals surface area contributed by atoms with Crippen LogP contribution in [0, 0.1) is 0 Å². The number of benzene rings is 1. The monoisotopic (exact) mass is 412 g/mol. The Balaban J connectivity index is 1.31. The fourth-order valence-corrected chi connectivity index (χ4v) is 3.99. The molecule has 2 aromatic heterocycles. The highest BCUT2D eigenvalue weighted by Crippen LogP contribution is 2.28. The predicted octanol–water partition coefficient (Wildman–Crippen LogP) is 2.27. The molecule has 3 heterocycles. The Labute approximate surface area is 172 Å². The van der Waals surface area contributed by atoms with Gasteiger partial charge in [0.05, 0.1) is 17.6 Å². The average Bonchev–Trinajstić information content (AvgIpc) is 3.22. The molecule has 3 aromatic rings. The zero-order valence-electron chi connectivity index (χ0n) is 16.0. The number of likely N-dealkylation sites (tertiary alicyclic amines) is 1. The lowest BCUT2D eigenvalue weighted by Gasteiger charge is -2.31. The highest BCUT2D eigenvalue weighted by atomic mass is 32.2. The predicted molar refractivity (Wildman–Crippen MR) is 110 cm³/mol. The van der Waals surface area contributed by atoms with Crippen LogP contribution in [-0.2, 0) is 24.4 Å². The van der Waals surface area contributed by atoms with E-state index >= 15 is 0 Å². The third kappa shape index (κ3) is 5.33. The van der Waals surface area contributed by atoms with Gasteiger partial charge in [-0.1, -0.05) is 29.5 Å². The van der Waals surface area contributed by atoms with E-state index in [2.05, 4.69) is 31.0 Å². The molecule has 9 heteroatoms. The van der Waals surface area contributed by atoms with Crippen LogP contribution < -0.4 is 4.72 Å². The molecular formula is C20H24N6O2S. The van der Waals surface area contributed by atoms with Gasteiger partial charge in [-0.2, -0.15) is 0 Å². The lowest BCUT2D eigenvalue weighted by molar-refractivity contribution is 0.202. The maximum absolute atomic E-state index is 10.8. The average molecular weight is 413 g/mol. The van der Waals surface area contributed by atoms with Gasteiger partial charge in [-0.3, -0.25) is 14.4 Å². The van der Waals surface area contributed by atoms with E-state index in [0.717, 1.165) is 49.4 Å². The van der Waals surface area contributed by atoms with Gasteiger partial charge in [0, 0.05) is 25.5 Å². The van der Waals surface area contributed by atoms with E-state index in [-0.39, 0.29) is 0 Å². The molecule has 1 unspecified atom stereocenters. The quantitative estimate of drug-likeness (QED) is 0.578. The van der Waals surface area contributed by atoms with E-state index in [1.165, 1.54) is 5.56 Å². The van der Waals surface area contributed by atoms with Crippen LogP contribution in [0.2, 0.25) is 0 Å². The summed E-state index contributed by atoms with van der Waals surface area (Å²) in [7, 11) is 0. The largest absolute Gasteiger partial charge is 0.297 e. The molecule has 1 fully saturated rings. The first-order valence-corrected chi connectivity index (χ1v) is 10.8. The van der Waals surface area contributed by atoms with Crippen LogP contribution in [0.1, 0.15) is 35.6 Å². The van der Waals surface area contributed by atoms with Gasteiger partial charge in [-0.25, -0.2) is 13.6 Å². The summed E-state index contributed by atoms with van der Waals surface area (Å²) in [6.07, 6.45) is 7.74. The summed E-state index contributed by atoms with van der Waals surface area (Å²) in [5.74, 6) is 0.457. The summed E-state index contributed by atoms with van der Waals surface area (Å²) in [6.45, 7) is 3.11. The molecule has 1 aliphatic heterocycles. The van der Waals surface area contributed by atoms with Crippen molar-refractivity contribution in [2.24, 2.45) is 0 Å². The smallest absolute Gasteiger partial charge is 0.232 e. The van der Waals surface area contributed by atoms with Gasteiger partial charge in [0.15, 0.2) is 0 Å². The number of nitrogens with one attached hydrogen (secondary N) is 1. The second kappa shape index (κ2) is 9.36.